The zero-order valence-corrected chi connectivity index (χ0v) is 8.97. The summed E-state index contributed by atoms with van der Waals surface area (Å²) in [7, 11) is 0. The van der Waals surface area contributed by atoms with Gasteiger partial charge in [-0.15, -0.1) is 10.2 Å². The predicted octanol–water partition coefficient (Wildman–Crippen LogP) is 0.992. The van der Waals surface area contributed by atoms with Crippen LogP contribution in [0.1, 0.15) is 12.8 Å². The van der Waals surface area contributed by atoms with Crippen molar-refractivity contribution in [2.45, 2.75) is 12.3 Å². The molecule has 0 spiro atoms. The molecule has 1 aliphatic heterocycles. The first-order chi connectivity index (χ1) is 7.78. The molecule has 0 radical (unpaired) electrons. The first kappa shape index (κ1) is 9.47. The molecule has 0 atom stereocenters. The van der Waals surface area contributed by atoms with Gasteiger partial charge in [0.05, 0.1) is 11.0 Å². The van der Waals surface area contributed by atoms with E-state index in [2.05, 4.69) is 27.4 Å². The summed E-state index contributed by atoms with van der Waals surface area (Å²) in [5.41, 5.74) is 0.852. The zero-order chi connectivity index (χ0) is 11.0. The highest BCUT2D eigenvalue weighted by Gasteiger charge is 2.38. The second-order valence-corrected chi connectivity index (χ2v) is 4.32. The molecule has 3 heterocycles. The maximum Gasteiger partial charge on any atom is 0.249 e. The summed E-state index contributed by atoms with van der Waals surface area (Å²) in [6.45, 7) is 3.90. The number of nitrogens with one attached hydrogen (secondary N) is 1. The van der Waals surface area contributed by atoms with Crippen molar-refractivity contribution in [2.24, 2.45) is 0 Å². The highest BCUT2D eigenvalue weighted by Crippen LogP contribution is 2.28. The van der Waals surface area contributed by atoms with E-state index in [1.165, 1.54) is 0 Å². The zero-order valence-electron chi connectivity index (χ0n) is 8.97. The van der Waals surface area contributed by atoms with Gasteiger partial charge in [0.25, 0.3) is 0 Å². The average molecular weight is 216 g/mol. The van der Waals surface area contributed by atoms with Gasteiger partial charge < -0.3 is 9.73 Å². The average Bonchev–Trinajstić information content (AvgIpc) is 2.77. The van der Waals surface area contributed by atoms with Crippen LogP contribution in [0.15, 0.2) is 28.9 Å². The Kier molecular flexibility index (Phi) is 2.00. The third-order valence-electron chi connectivity index (χ3n) is 2.88. The molecular formula is C11H12N4O. The van der Waals surface area contributed by atoms with E-state index in [1.807, 2.05) is 12.1 Å². The predicted molar refractivity (Wildman–Crippen MR) is 57.8 cm³/mol. The van der Waals surface area contributed by atoms with Crippen molar-refractivity contribution in [1.29, 1.82) is 0 Å². The fourth-order valence-electron chi connectivity index (χ4n) is 1.72. The number of hydrogen-bond donors (Lipinski definition) is 1. The van der Waals surface area contributed by atoms with Crippen LogP contribution >= 0.6 is 0 Å². The number of rotatable bonds is 2. The van der Waals surface area contributed by atoms with Gasteiger partial charge in [-0.3, -0.25) is 4.98 Å². The van der Waals surface area contributed by atoms with Gasteiger partial charge in [-0.25, -0.2) is 0 Å². The maximum atomic E-state index is 5.67. The van der Waals surface area contributed by atoms with Crippen molar-refractivity contribution < 1.29 is 4.42 Å². The standard InChI is InChI=1S/C11H12N4O/c1-11(6-13-7-11)10-15-14-9(16-10)8-3-2-4-12-5-8/h2-5,13H,6-7H2,1H3. The first-order valence-corrected chi connectivity index (χ1v) is 5.23. The SMILES string of the molecule is CC1(c2nnc(-c3cccnc3)o2)CNC1. The van der Waals surface area contributed by atoms with Crippen molar-refractivity contribution in [3.05, 3.63) is 30.4 Å². The van der Waals surface area contributed by atoms with E-state index in [1.54, 1.807) is 12.4 Å². The van der Waals surface area contributed by atoms with Gasteiger partial charge in [0, 0.05) is 25.5 Å². The molecule has 0 aliphatic carbocycles. The minimum atomic E-state index is -0.00649. The van der Waals surface area contributed by atoms with Gasteiger partial charge in [0.15, 0.2) is 0 Å². The molecule has 0 unspecified atom stereocenters. The summed E-state index contributed by atoms with van der Waals surface area (Å²) in [6, 6.07) is 3.76. The normalized spacial score (nSPS) is 18.1. The Bertz CT molecular complexity index is 490. The van der Waals surface area contributed by atoms with E-state index >= 15 is 0 Å². The second-order valence-electron chi connectivity index (χ2n) is 4.32. The van der Waals surface area contributed by atoms with Gasteiger partial charge in [-0.05, 0) is 19.1 Å². The Morgan fingerprint density at radius 1 is 1.38 bits per heavy atom. The van der Waals surface area contributed by atoms with Gasteiger partial charge in [-0.1, -0.05) is 0 Å². The third kappa shape index (κ3) is 1.40. The summed E-state index contributed by atoms with van der Waals surface area (Å²) >= 11 is 0. The molecular weight excluding hydrogens is 204 g/mol. The lowest BCUT2D eigenvalue weighted by molar-refractivity contribution is 0.244. The summed E-state index contributed by atoms with van der Waals surface area (Å²) in [4.78, 5) is 4.03. The molecule has 82 valence electrons. The highest BCUT2D eigenvalue weighted by atomic mass is 16.4. The number of aromatic nitrogens is 3. The topological polar surface area (TPSA) is 63.8 Å². The second kappa shape index (κ2) is 3.38. The van der Waals surface area contributed by atoms with Crippen molar-refractivity contribution >= 4 is 0 Å². The van der Waals surface area contributed by atoms with Gasteiger partial charge >= 0.3 is 0 Å². The maximum absolute atomic E-state index is 5.67. The monoisotopic (exact) mass is 216 g/mol. The summed E-state index contributed by atoms with van der Waals surface area (Å²) in [5.74, 6) is 1.24. The molecule has 0 bridgehead atoms. The van der Waals surface area contributed by atoms with E-state index < -0.39 is 0 Å². The van der Waals surface area contributed by atoms with Crippen LogP contribution in [0, 0.1) is 0 Å². The lowest BCUT2D eigenvalue weighted by atomic mass is 9.84. The van der Waals surface area contributed by atoms with Crippen LogP contribution in [-0.2, 0) is 5.41 Å². The molecule has 0 saturated carbocycles. The van der Waals surface area contributed by atoms with Gasteiger partial charge in [0.1, 0.15) is 0 Å². The van der Waals surface area contributed by atoms with Crippen molar-refractivity contribution in [2.75, 3.05) is 13.1 Å². The van der Waals surface area contributed by atoms with Crippen LogP contribution in [-0.4, -0.2) is 28.3 Å². The molecule has 16 heavy (non-hydrogen) atoms. The Hall–Kier alpha value is -1.75. The lowest BCUT2D eigenvalue weighted by Crippen LogP contribution is -2.54. The molecule has 1 aliphatic rings. The van der Waals surface area contributed by atoms with Gasteiger partial charge in [-0.2, -0.15) is 0 Å². The van der Waals surface area contributed by atoms with E-state index in [9.17, 15) is 0 Å². The molecule has 3 rings (SSSR count). The molecule has 1 N–H and O–H groups in total. The molecule has 5 heteroatoms. The van der Waals surface area contributed by atoms with Crippen LogP contribution in [0.4, 0.5) is 0 Å². The highest BCUT2D eigenvalue weighted by molar-refractivity contribution is 5.50. The Morgan fingerprint density at radius 3 is 2.88 bits per heavy atom. The number of hydrogen-bond acceptors (Lipinski definition) is 5. The van der Waals surface area contributed by atoms with E-state index in [0.717, 1.165) is 18.7 Å². The molecule has 0 amide bonds. The Balaban J connectivity index is 1.94. The van der Waals surface area contributed by atoms with Crippen LogP contribution in [0.5, 0.6) is 0 Å². The van der Waals surface area contributed by atoms with Crippen LogP contribution < -0.4 is 5.32 Å². The Morgan fingerprint density at radius 2 is 2.25 bits per heavy atom. The van der Waals surface area contributed by atoms with E-state index in [-0.39, 0.29) is 5.41 Å². The molecule has 1 saturated heterocycles. The van der Waals surface area contributed by atoms with Crippen molar-refractivity contribution in [3.8, 4) is 11.5 Å². The smallest absolute Gasteiger partial charge is 0.249 e. The van der Waals surface area contributed by atoms with Crippen LogP contribution in [0.25, 0.3) is 11.5 Å². The fourth-order valence-corrected chi connectivity index (χ4v) is 1.72. The third-order valence-corrected chi connectivity index (χ3v) is 2.88. The first-order valence-electron chi connectivity index (χ1n) is 5.23. The molecule has 5 nitrogen and oxygen atoms in total. The summed E-state index contributed by atoms with van der Waals surface area (Å²) in [6.07, 6.45) is 3.44. The quantitative estimate of drug-likeness (QED) is 0.811. The molecule has 2 aromatic heterocycles. The van der Waals surface area contributed by atoms with Crippen LogP contribution in [0.2, 0.25) is 0 Å². The van der Waals surface area contributed by atoms with Crippen molar-refractivity contribution in [3.63, 3.8) is 0 Å². The molecule has 0 aromatic carbocycles. The van der Waals surface area contributed by atoms with Gasteiger partial charge in [0.2, 0.25) is 11.8 Å². The minimum Gasteiger partial charge on any atom is -0.420 e. The molecule has 1 fully saturated rings. The minimum absolute atomic E-state index is 0.00649. The van der Waals surface area contributed by atoms with Crippen LogP contribution in [0.3, 0.4) is 0 Å². The number of pyridine rings is 1. The lowest BCUT2D eigenvalue weighted by Gasteiger charge is -2.35. The Labute approximate surface area is 92.9 Å². The van der Waals surface area contributed by atoms with Crippen molar-refractivity contribution in [1.82, 2.24) is 20.5 Å². The summed E-state index contributed by atoms with van der Waals surface area (Å²) < 4.78 is 5.67. The van der Waals surface area contributed by atoms with E-state index in [0.29, 0.717) is 11.8 Å². The largest absolute Gasteiger partial charge is 0.420 e. The summed E-state index contributed by atoms with van der Waals surface area (Å²) in [5, 5.41) is 11.4. The fraction of sp³-hybridized carbons (Fsp3) is 0.364. The molecule has 2 aromatic rings. The van der Waals surface area contributed by atoms with E-state index in [4.69, 9.17) is 4.42 Å². The number of nitrogens with zero attached hydrogens (tertiary/aromatic N) is 3.